The highest BCUT2D eigenvalue weighted by Crippen LogP contribution is 2.22. The highest BCUT2D eigenvalue weighted by Gasteiger charge is 2.09. The molecule has 3 rings (SSSR count). The number of carbonyl (C=O) groups is 1. The number of para-hydroxylation sites is 2. The number of aromatic nitrogens is 1. The van der Waals surface area contributed by atoms with Crippen LogP contribution in [0.15, 0.2) is 63.3 Å². The van der Waals surface area contributed by atoms with E-state index in [-0.39, 0.29) is 17.3 Å². The van der Waals surface area contributed by atoms with Crippen LogP contribution in [0.4, 0.5) is 5.69 Å². The first-order chi connectivity index (χ1) is 12.5. The number of nitrogens with zero attached hydrogens (tertiary/aromatic N) is 3. The van der Waals surface area contributed by atoms with Crippen molar-refractivity contribution in [1.29, 1.82) is 0 Å². The number of carbonyl (C=O) groups excluding carboxylic acids is 1. The van der Waals surface area contributed by atoms with Gasteiger partial charge in [-0.25, -0.2) is 10.4 Å². The first-order valence-corrected chi connectivity index (χ1v) is 8.58. The molecule has 0 fully saturated rings. The monoisotopic (exact) mass is 370 g/mol. The minimum absolute atomic E-state index is 0.000297. The van der Waals surface area contributed by atoms with Crippen LogP contribution in [-0.2, 0) is 4.79 Å². The molecular weight excluding hydrogens is 356 g/mol. The molecule has 0 radical (unpaired) electrons. The van der Waals surface area contributed by atoms with Gasteiger partial charge in [-0.05, 0) is 36.8 Å². The molecule has 9 heteroatoms. The number of hydrazone groups is 1. The topological polar surface area (TPSA) is 111 Å². The van der Waals surface area contributed by atoms with E-state index in [2.05, 4.69) is 15.5 Å². The molecule has 0 aliphatic heterocycles. The van der Waals surface area contributed by atoms with Crippen LogP contribution in [0.5, 0.6) is 0 Å². The molecule has 0 saturated heterocycles. The molecule has 1 N–H and O–H groups in total. The number of hydrogen-bond donors (Lipinski definition) is 1. The number of thioether (sulfide) groups is 1. The van der Waals surface area contributed by atoms with Crippen LogP contribution >= 0.6 is 11.8 Å². The summed E-state index contributed by atoms with van der Waals surface area (Å²) < 4.78 is 5.52. The lowest BCUT2D eigenvalue weighted by Gasteiger charge is -2.02. The molecule has 1 amide bonds. The summed E-state index contributed by atoms with van der Waals surface area (Å²) in [6.45, 7) is 1.70. The van der Waals surface area contributed by atoms with Crippen LogP contribution < -0.4 is 5.43 Å². The summed E-state index contributed by atoms with van der Waals surface area (Å²) in [6, 6.07) is 13.3. The number of non-ortho nitro benzene ring substituents is 1. The van der Waals surface area contributed by atoms with Crippen LogP contribution in [0.3, 0.4) is 0 Å². The molecule has 3 aromatic rings. The Hall–Kier alpha value is -3.20. The van der Waals surface area contributed by atoms with E-state index in [4.69, 9.17) is 4.42 Å². The summed E-state index contributed by atoms with van der Waals surface area (Å²) in [5.41, 5.74) is 5.08. The van der Waals surface area contributed by atoms with Crippen molar-refractivity contribution in [3.63, 3.8) is 0 Å². The molecule has 0 aliphatic carbocycles. The van der Waals surface area contributed by atoms with Gasteiger partial charge < -0.3 is 4.42 Å². The van der Waals surface area contributed by atoms with Crippen molar-refractivity contribution in [2.24, 2.45) is 5.10 Å². The second kappa shape index (κ2) is 7.79. The lowest BCUT2D eigenvalue weighted by atomic mass is 10.1. The van der Waals surface area contributed by atoms with Crippen molar-refractivity contribution >= 4 is 40.2 Å². The SMILES string of the molecule is C/C(=N/NC(=O)CSc1nc2ccccc2o1)c1ccc([N+](=O)[O-])cc1. The quantitative estimate of drug-likeness (QED) is 0.308. The van der Waals surface area contributed by atoms with Crippen LogP contribution in [0.25, 0.3) is 11.1 Å². The molecule has 0 unspecified atom stereocenters. The Kier molecular flexibility index (Phi) is 5.28. The first-order valence-electron chi connectivity index (χ1n) is 7.59. The maximum Gasteiger partial charge on any atom is 0.269 e. The Morgan fingerprint density at radius 3 is 2.69 bits per heavy atom. The van der Waals surface area contributed by atoms with Gasteiger partial charge in [-0.2, -0.15) is 5.10 Å². The number of amides is 1. The second-order valence-corrected chi connectivity index (χ2v) is 6.20. The molecule has 132 valence electrons. The average molecular weight is 370 g/mol. The van der Waals surface area contributed by atoms with Gasteiger partial charge in [-0.3, -0.25) is 14.9 Å². The number of nitro groups is 1. The van der Waals surface area contributed by atoms with Crippen LogP contribution in [0, 0.1) is 10.1 Å². The van der Waals surface area contributed by atoms with Gasteiger partial charge in [0.25, 0.3) is 16.8 Å². The molecule has 8 nitrogen and oxygen atoms in total. The summed E-state index contributed by atoms with van der Waals surface area (Å²) in [6.07, 6.45) is 0. The van der Waals surface area contributed by atoms with Gasteiger partial charge >= 0.3 is 0 Å². The molecule has 0 bridgehead atoms. The van der Waals surface area contributed by atoms with Gasteiger partial charge in [-0.1, -0.05) is 23.9 Å². The Labute approximate surface area is 152 Å². The number of nitro benzene ring substituents is 1. The number of nitrogens with one attached hydrogen (secondary N) is 1. The molecule has 0 aliphatic rings. The minimum atomic E-state index is -0.471. The van der Waals surface area contributed by atoms with Crippen molar-refractivity contribution < 1.29 is 14.1 Å². The fraction of sp³-hybridized carbons (Fsp3) is 0.118. The second-order valence-electron chi connectivity index (χ2n) is 5.27. The molecule has 2 aromatic carbocycles. The smallest absolute Gasteiger partial charge is 0.269 e. The molecule has 1 aromatic heterocycles. The zero-order valence-corrected chi connectivity index (χ0v) is 14.5. The number of oxazole rings is 1. The molecule has 0 spiro atoms. The lowest BCUT2D eigenvalue weighted by Crippen LogP contribution is -2.21. The zero-order chi connectivity index (χ0) is 18.5. The van der Waals surface area contributed by atoms with E-state index >= 15 is 0 Å². The van der Waals surface area contributed by atoms with Gasteiger partial charge in [0.05, 0.1) is 16.4 Å². The van der Waals surface area contributed by atoms with Crippen molar-refractivity contribution in [2.45, 2.75) is 12.1 Å². The third kappa shape index (κ3) is 4.25. The van der Waals surface area contributed by atoms with Gasteiger partial charge in [0.15, 0.2) is 5.58 Å². The zero-order valence-electron chi connectivity index (χ0n) is 13.7. The number of benzene rings is 2. The van der Waals surface area contributed by atoms with Crippen molar-refractivity contribution in [3.8, 4) is 0 Å². The number of rotatable bonds is 6. The maximum atomic E-state index is 11.9. The standard InChI is InChI=1S/C17H14N4O4S/c1-11(12-6-8-13(9-7-12)21(23)24)19-20-16(22)10-26-17-18-14-4-2-3-5-15(14)25-17/h2-9H,10H2,1H3,(H,20,22)/b19-11-. The predicted octanol–water partition coefficient (Wildman–Crippen LogP) is 3.37. The average Bonchev–Trinajstić information content (AvgIpc) is 3.07. The molecule has 1 heterocycles. The predicted molar refractivity (Wildman–Crippen MR) is 98.2 cm³/mol. The highest BCUT2D eigenvalue weighted by molar-refractivity contribution is 7.99. The third-order valence-electron chi connectivity index (χ3n) is 3.45. The Bertz CT molecular complexity index is 949. The molecule has 26 heavy (non-hydrogen) atoms. The maximum absolute atomic E-state index is 11.9. The minimum Gasteiger partial charge on any atom is -0.431 e. The van der Waals surface area contributed by atoms with Crippen molar-refractivity contribution in [2.75, 3.05) is 5.75 Å². The van der Waals surface area contributed by atoms with E-state index in [0.29, 0.717) is 22.1 Å². The fourth-order valence-corrected chi connectivity index (χ4v) is 2.74. The van der Waals surface area contributed by atoms with Gasteiger partial charge in [0.1, 0.15) is 5.52 Å². The third-order valence-corrected chi connectivity index (χ3v) is 4.27. The van der Waals surface area contributed by atoms with E-state index in [9.17, 15) is 14.9 Å². The van der Waals surface area contributed by atoms with Crippen molar-refractivity contribution in [1.82, 2.24) is 10.4 Å². The summed E-state index contributed by atoms with van der Waals surface area (Å²) >= 11 is 1.17. The fourth-order valence-electron chi connectivity index (χ4n) is 2.11. The Balaban J connectivity index is 1.55. The van der Waals surface area contributed by atoms with Crippen LogP contribution in [0.1, 0.15) is 12.5 Å². The van der Waals surface area contributed by atoms with E-state index in [1.165, 1.54) is 23.9 Å². The highest BCUT2D eigenvalue weighted by atomic mass is 32.2. The van der Waals surface area contributed by atoms with E-state index in [1.54, 1.807) is 19.1 Å². The first kappa shape index (κ1) is 17.6. The largest absolute Gasteiger partial charge is 0.431 e. The summed E-state index contributed by atoms with van der Waals surface area (Å²) in [7, 11) is 0. The Morgan fingerprint density at radius 1 is 1.27 bits per heavy atom. The summed E-state index contributed by atoms with van der Waals surface area (Å²) in [5, 5.41) is 15.1. The van der Waals surface area contributed by atoms with Gasteiger partial charge in [0.2, 0.25) is 0 Å². The summed E-state index contributed by atoms with van der Waals surface area (Å²) in [4.78, 5) is 26.4. The van der Waals surface area contributed by atoms with Gasteiger partial charge in [-0.15, -0.1) is 0 Å². The van der Waals surface area contributed by atoms with Gasteiger partial charge in [0, 0.05) is 12.1 Å². The van der Waals surface area contributed by atoms with Crippen LogP contribution in [0.2, 0.25) is 0 Å². The number of hydrogen-bond acceptors (Lipinski definition) is 7. The van der Waals surface area contributed by atoms with E-state index in [0.717, 1.165) is 5.52 Å². The summed E-state index contributed by atoms with van der Waals surface area (Å²) in [5.74, 6) is -0.206. The Morgan fingerprint density at radius 2 is 2.00 bits per heavy atom. The molecule has 0 atom stereocenters. The lowest BCUT2D eigenvalue weighted by molar-refractivity contribution is -0.384. The van der Waals surface area contributed by atoms with E-state index in [1.807, 2.05) is 24.3 Å². The molecule has 0 saturated carbocycles. The number of fused-ring (bicyclic) bond motifs is 1. The van der Waals surface area contributed by atoms with E-state index < -0.39 is 4.92 Å². The van der Waals surface area contributed by atoms with Crippen molar-refractivity contribution in [3.05, 3.63) is 64.2 Å². The normalized spacial score (nSPS) is 11.5. The van der Waals surface area contributed by atoms with Crippen LogP contribution in [-0.4, -0.2) is 27.3 Å². The molecular formula is C17H14N4O4S.